The van der Waals surface area contributed by atoms with Crippen LogP contribution in [0.25, 0.3) is 0 Å². The molecule has 22 heavy (non-hydrogen) atoms. The molecule has 0 aliphatic heterocycles. The molecule has 3 amide bonds. The largest absolute Gasteiger partial charge is 0.490 e. The molecular weight excluding hydrogens is 533 g/mol. The number of rotatable bonds is 6. The van der Waals surface area contributed by atoms with Gasteiger partial charge in [-0.1, -0.05) is 13.0 Å². The van der Waals surface area contributed by atoms with Crippen LogP contribution < -0.4 is 5.32 Å². The van der Waals surface area contributed by atoms with Crippen LogP contribution in [-0.4, -0.2) is 29.3 Å². The van der Waals surface area contributed by atoms with Crippen molar-refractivity contribution in [1.82, 2.24) is 10.4 Å². The molecule has 0 aromatic heterocycles. The molecule has 0 spiro atoms. The summed E-state index contributed by atoms with van der Waals surface area (Å²) in [6, 6.07) is 0. The van der Waals surface area contributed by atoms with Crippen molar-refractivity contribution >= 4 is 24.2 Å². The Labute approximate surface area is 122 Å². The Balaban J connectivity index is 0. The molecule has 1 N–H and O–H groups in total. The van der Waals surface area contributed by atoms with E-state index in [2.05, 4.69) is 11.9 Å². The molecule has 0 atom stereocenters. The summed E-state index contributed by atoms with van der Waals surface area (Å²) in [6.45, 7) is 7.63. The number of imide groups is 1. The SMILES string of the molecule is C=C/C(=C\C(=C/C)C(=O)ON(C(C)=O)C(=O)CC)N[C-]=O.[Fm]. The maximum Gasteiger partial charge on any atom is 0.362 e. The van der Waals surface area contributed by atoms with Gasteiger partial charge in [0, 0.05) is 18.9 Å². The number of nitrogens with one attached hydrogen (secondary N) is 1. The van der Waals surface area contributed by atoms with Crippen LogP contribution in [0.5, 0.6) is 0 Å². The predicted octanol–water partition coefficient (Wildman–Crippen LogP) is 0.903. The molecular formula is C14H17FmN2O5-. The van der Waals surface area contributed by atoms with Gasteiger partial charge in [-0.15, -0.1) is 29.5 Å². The molecule has 0 saturated carbocycles. The third-order valence-electron chi connectivity index (χ3n) is 2.26. The van der Waals surface area contributed by atoms with Crippen molar-refractivity contribution in [2.75, 3.05) is 0 Å². The molecule has 0 aliphatic carbocycles. The van der Waals surface area contributed by atoms with E-state index in [0.717, 1.165) is 6.92 Å². The van der Waals surface area contributed by atoms with Crippen LogP contribution in [-0.2, 0) is 24.0 Å². The Morgan fingerprint density at radius 2 is 1.95 bits per heavy atom. The number of hydrogen-bond acceptors (Lipinski definition) is 5. The second-order valence-corrected chi connectivity index (χ2v) is 3.71. The Kier molecular flexibility index (Phi) is 9.49. The number of hydrogen-bond donors (Lipinski definition) is 1. The molecule has 0 aromatic rings. The van der Waals surface area contributed by atoms with E-state index in [0.29, 0.717) is 5.06 Å². The number of carbonyl (C=O) groups is 3. The zero-order chi connectivity index (χ0) is 16.4. The van der Waals surface area contributed by atoms with Gasteiger partial charge in [0.2, 0.25) is 0 Å². The quantitative estimate of drug-likeness (QED) is 0.175. The summed E-state index contributed by atoms with van der Waals surface area (Å²) in [6.07, 6.45) is 5.41. The predicted molar refractivity (Wildman–Crippen MR) is 74.8 cm³/mol. The smallest absolute Gasteiger partial charge is 0.362 e. The van der Waals surface area contributed by atoms with Crippen LogP contribution in [0.4, 0.5) is 0 Å². The molecule has 7 nitrogen and oxygen atoms in total. The monoisotopic (exact) mass is 550 g/mol. The van der Waals surface area contributed by atoms with Crippen LogP contribution in [0.1, 0.15) is 27.2 Å². The van der Waals surface area contributed by atoms with E-state index in [4.69, 9.17) is 4.84 Å². The van der Waals surface area contributed by atoms with Gasteiger partial charge in [0.25, 0.3) is 11.8 Å². The minimum Gasteiger partial charge on any atom is -0.490 e. The third kappa shape index (κ3) is 5.96. The average Bonchev–Trinajstić information content (AvgIpc) is 2.47. The maximum absolute atomic E-state index is 11.9. The second-order valence-electron chi connectivity index (χ2n) is 3.71. The van der Waals surface area contributed by atoms with E-state index >= 15 is 0 Å². The van der Waals surface area contributed by atoms with Crippen molar-refractivity contribution in [2.24, 2.45) is 0 Å². The molecule has 0 heterocycles. The van der Waals surface area contributed by atoms with Crippen LogP contribution >= 0.6 is 0 Å². The van der Waals surface area contributed by atoms with Crippen molar-refractivity contribution in [3.63, 3.8) is 0 Å². The molecule has 0 radical (unpaired) electrons. The first-order chi connectivity index (χ1) is 9.90. The summed E-state index contributed by atoms with van der Waals surface area (Å²) >= 11 is 0. The number of carbonyl (C=O) groups excluding carboxylic acids is 4. The van der Waals surface area contributed by atoms with Crippen LogP contribution in [0.3, 0.4) is 0 Å². The van der Waals surface area contributed by atoms with Gasteiger partial charge in [-0.3, -0.25) is 9.59 Å². The summed E-state index contributed by atoms with van der Waals surface area (Å²) in [4.78, 5) is 49.7. The molecule has 0 aliphatic rings. The van der Waals surface area contributed by atoms with Gasteiger partial charge in [-0.2, -0.15) is 0 Å². The normalized spacial score (nSPS) is 10.9. The fourth-order valence-electron chi connectivity index (χ4n) is 1.20. The van der Waals surface area contributed by atoms with Crippen LogP contribution in [0, 0.1) is 0 Å². The van der Waals surface area contributed by atoms with Crippen molar-refractivity contribution in [3.05, 3.63) is 36.1 Å². The van der Waals surface area contributed by atoms with Crippen molar-refractivity contribution in [1.29, 1.82) is 0 Å². The van der Waals surface area contributed by atoms with E-state index in [1.54, 1.807) is 6.92 Å². The van der Waals surface area contributed by atoms with Crippen LogP contribution in [0.2, 0.25) is 0 Å². The molecule has 0 fully saturated rings. The van der Waals surface area contributed by atoms with Gasteiger partial charge in [-0.05, 0) is 6.92 Å². The molecule has 0 bridgehead atoms. The van der Waals surface area contributed by atoms with E-state index in [-0.39, 0.29) is 17.7 Å². The summed E-state index contributed by atoms with van der Waals surface area (Å²) in [5, 5.41) is 2.60. The Hall–Kier alpha value is -3.70. The van der Waals surface area contributed by atoms with Gasteiger partial charge in [0.1, 0.15) is 0 Å². The minimum atomic E-state index is -0.915. The van der Waals surface area contributed by atoms with Crippen molar-refractivity contribution in [3.8, 4) is 0 Å². The van der Waals surface area contributed by atoms with Gasteiger partial charge in [0.15, 0.2) is 0 Å². The first-order valence-corrected chi connectivity index (χ1v) is 6.10. The summed E-state index contributed by atoms with van der Waals surface area (Å²) in [5.41, 5.74) is 0.244. The van der Waals surface area contributed by atoms with E-state index in [1.807, 2.05) is 0 Å². The average molecular weight is 550 g/mol. The molecule has 0 unspecified atom stereocenters. The molecule has 0 aromatic carbocycles. The van der Waals surface area contributed by atoms with Gasteiger partial charge in [0.05, 0.1) is 6.41 Å². The van der Waals surface area contributed by atoms with E-state index in [1.165, 1.54) is 31.6 Å². The van der Waals surface area contributed by atoms with Gasteiger partial charge >= 0.3 is 5.97 Å². The minimum absolute atomic E-state index is 0. The number of hydroxylamine groups is 2. The molecule has 0 rings (SSSR count). The number of nitrogens with zero attached hydrogens (tertiary/aromatic N) is 1. The number of amides is 3. The third-order valence-corrected chi connectivity index (χ3v) is 2.26. The van der Waals surface area contributed by atoms with E-state index in [9.17, 15) is 19.2 Å². The maximum atomic E-state index is 11.9. The van der Waals surface area contributed by atoms with Gasteiger partial charge in [-0.25, -0.2) is 4.79 Å². The Morgan fingerprint density at radius 1 is 1.36 bits per heavy atom. The fraction of sp³-hybridized carbons (Fsp3) is 0.286. The topological polar surface area (TPSA) is 92.8 Å². The Morgan fingerprint density at radius 3 is 2.32 bits per heavy atom. The summed E-state index contributed by atoms with van der Waals surface area (Å²) < 4.78 is 0. The first-order valence-electron chi connectivity index (χ1n) is 6.10. The van der Waals surface area contributed by atoms with Crippen molar-refractivity contribution < 1.29 is 24.0 Å². The zero-order valence-corrected chi connectivity index (χ0v) is 14.8. The molecule has 8 heteroatoms. The first kappa shape index (κ1) is 20.6. The van der Waals surface area contributed by atoms with Gasteiger partial charge < -0.3 is 14.9 Å². The standard InChI is InChI=1S/C14H17N2O5.Fm/c1-5-11(8-12(6-2)15-9-17)14(20)21-16(10(4)18)13(19)7-3;/h5-6,8H,2,7H2,1,3-4H3,(H,15,17);/q-1;/b11-5+,12-8+;. The summed E-state index contributed by atoms with van der Waals surface area (Å²) in [7, 11) is 0. The van der Waals surface area contributed by atoms with Crippen molar-refractivity contribution in [2.45, 2.75) is 27.2 Å². The Bertz CT molecular complexity index is 511. The van der Waals surface area contributed by atoms with Crippen LogP contribution in [0.15, 0.2) is 36.1 Å². The molecule has 126 valence electrons. The molecule has 0 saturated heterocycles. The summed E-state index contributed by atoms with van der Waals surface area (Å²) in [5.74, 6) is -2.27. The van der Waals surface area contributed by atoms with E-state index < -0.39 is 17.8 Å². The second kappa shape index (κ2) is 10.1. The zero-order valence-electron chi connectivity index (χ0n) is 12.4. The fourth-order valence-corrected chi connectivity index (χ4v) is 1.20. The number of allylic oxidation sites excluding steroid dienone is 2.